The van der Waals surface area contributed by atoms with Crippen LogP contribution in [0.15, 0.2) is 35.5 Å². The van der Waals surface area contributed by atoms with Gasteiger partial charge >= 0.3 is 5.97 Å². The molecule has 7 heteroatoms. The summed E-state index contributed by atoms with van der Waals surface area (Å²) < 4.78 is 20.9. The average molecular weight is 643 g/mol. The second kappa shape index (κ2) is 14.6. The van der Waals surface area contributed by atoms with Gasteiger partial charge in [-0.3, -0.25) is 9.59 Å². The Kier molecular flexibility index (Phi) is 11.8. The van der Waals surface area contributed by atoms with Crippen molar-refractivity contribution in [1.29, 1.82) is 0 Å². The molecule has 10 atom stereocenters. The van der Waals surface area contributed by atoms with E-state index in [4.69, 9.17) is 13.6 Å². The monoisotopic (exact) mass is 642 g/mol. The fraction of sp³-hybridized carbons (Fsp3) is 0.784. The zero-order valence-electron chi connectivity index (χ0n) is 29.5. The molecule has 0 aromatic rings. The molecule has 2 bridgehead atoms. The van der Waals surface area contributed by atoms with Gasteiger partial charge in [-0.2, -0.15) is 0 Å². The second-order valence-corrected chi connectivity index (χ2v) is 24.1. The Morgan fingerprint density at radius 2 is 1.39 bits per heavy atom. The van der Waals surface area contributed by atoms with Crippen molar-refractivity contribution in [2.75, 3.05) is 0 Å². The van der Waals surface area contributed by atoms with Gasteiger partial charge in [-0.1, -0.05) is 90.8 Å². The molecule has 0 unspecified atom stereocenters. The van der Waals surface area contributed by atoms with Crippen LogP contribution in [0.3, 0.4) is 0 Å². The molecule has 2 fully saturated rings. The number of hydrogen-bond donors (Lipinski definition) is 0. The maximum Gasteiger partial charge on any atom is 0.320 e. The molecular formula is C37H62O5Si2. The summed E-state index contributed by atoms with van der Waals surface area (Å²) in [7, 11) is -3.82. The predicted molar refractivity (Wildman–Crippen MR) is 185 cm³/mol. The van der Waals surface area contributed by atoms with Gasteiger partial charge in [0.15, 0.2) is 22.4 Å². The number of esters is 1. The van der Waals surface area contributed by atoms with E-state index in [1.807, 2.05) is 13.0 Å². The molecule has 5 aliphatic rings. The van der Waals surface area contributed by atoms with Crippen molar-refractivity contribution in [3.63, 3.8) is 0 Å². The van der Waals surface area contributed by atoms with Crippen molar-refractivity contribution in [1.82, 2.24) is 0 Å². The molecule has 1 saturated carbocycles. The Labute approximate surface area is 270 Å². The van der Waals surface area contributed by atoms with Gasteiger partial charge in [0.1, 0.15) is 12.0 Å². The maximum absolute atomic E-state index is 13.6. The van der Waals surface area contributed by atoms with Crippen LogP contribution in [-0.4, -0.2) is 46.7 Å². The zero-order chi connectivity index (χ0) is 32.4. The Bertz CT molecular complexity index is 1100. The molecule has 0 spiro atoms. The molecule has 44 heavy (non-hydrogen) atoms. The minimum absolute atomic E-state index is 0.00680. The normalized spacial score (nSPS) is 38.3. The maximum atomic E-state index is 13.6. The van der Waals surface area contributed by atoms with Gasteiger partial charge in [-0.25, -0.2) is 0 Å². The number of ketones is 1. The van der Waals surface area contributed by atoms with Gasteiger partial charge in [-0.05, 0) is 87.1 Å². The van der Waals surface area contributed by atoms with Gasteiger partial charge in [0.2, 0.25) is 0 Å². The van der Waals surface area contributed by atoms with Gasteiger partial charge in [0.25, 0.3) is 0 Å². The van der Waals surface area contributed by atoms with Crippen LogP contribution in [0, 0.1) is 41.4 Å². The zero-order valence-corrected chi connectivity index (χ0v) is 31.5. The molecule has 0 amide bonds. The third-order valence-electron chi connectivity index (χ3n) is 12.7. The number of fused-ring (bicyclic) bond motifs is 6. The van der Waals surface area contributed by atoms with Crippen molar-refractivity contribution in [2.45, 2.75) is 143 Å². The van der Waals surface area contributed by atoms with Crippen molar-refractivity contribution >= 4 is 28.4 Å². The summed E-state index contributed by atoms with van der Waals surface area (Å²) >= 11 is 0. The van der Waals surface area contributed by atoms with Gasteiger partial charge in [0, 0.05) is 11.8 Å². The van der Waals surface area contributed by atoms with Crippen LogP contribution in [0.4, 0.5) is 0 Å². The Balaban J connectivity index is 1.86. The van der Waals surface area contributed by atoms with Crippen LogP contribution < -0.4 is 0 Å². The molecule has 2 heterocycles. The molecular weight excluding hydrogens is 581 g/mol. The van der Waals surface area contributed by atoms with E-state index in [-0.39, 0.29) is 59.7 Å². The largest absolute Gasteiger partial charge is 0.461 e. The fourth-order valence-electron chi connectivity index (χ4n) is 8.99. The summed E-state index contributed by atoms with van der Waals surface area (Å²) in [4.78, 5) is 26.8. The second-order valence-electron chi connectivity index (χ2n) is 14.6. The first-order chi connectivity index (χ1) is 20.9. The standard InChI is InChI=1S/C37H62O5Si2/c1-11-43(12-2,13-3)41-35-27(10)36(42-44(14-4,15-5)16-6)33-29-20-21-30-34(38)26(9)32(40-37(30)39)22-18-24(7)17-19-28(29)25(8)23-31(33)35/h17,20-21,23,26-33,35-36H,11-16,18-19,22H2,1-10H3/b21-20+,24-17+/t26-,27+,28+,29+,30+,31-,32-,33-,35+,36-/m0/s1. The van der Waals surface area contributed by atoms with Crippen LogP contribution in [0.2, 0.25) is 36.3 Å². The number of hydrogen-bond acceptors (Lipinski definition) is 5. The van der Waals surface area contributed by atoms with E-state index in [0.717, 1.165) is 49.1 Å². The number of carbonyl (C=O) groups is 2. The Morgan fingerprint density at radius 3 is 1.95 bits per heavy atom. The number of rotatable bonds is 10. The molecule has 0 aromatic heterocycles. The highest BCUT2D eigenvalue weighted by Gasteiger charge is 2.57. The summed E-state index contributed by atoms with van der Waals surface area (Å²) in [6, 6.07) is 6.75. The van der Waals surface area contributed by atoms with Crippen LogP contribution >= 0.6 is 0 Å². The molecule has 5 nitrogen and oxygen atoms in total. The minimum atomic E-state index is -1.93. The first kappa shape index (κ1) is 35.6. The average Bonchev–Trinajstić information content (AvgIpc) is 3.27. The fourth-order valence-corrected chi connectivity index (χ4v) is 14.9. The summed E-state index contributed by atoms with van der Waals surface area (Å²) in [5.41, 5.74) is 2.72. The molecule has 3 aliphatic carbocycles. The third-order valence-corrected chi connectivity index (χ3v) is 22.0. The topological polar surface area (TPSA) is 61.8 Å². The molecule has 2 aliphatic heterocycles. The molecule has 0 N–H and O–H groups in total. The van der Waals surface area contributed by atoms with Gasteiger partial charge in [-0.15, -0.1) is 0 Å². The van der Waals surface area contributed by atoms with Gasteiger partial charge in [0.05, 0.1) is 18.1 Å². The number of Topliss-reactive ketones (excluding diaryl/α,β-unsaturated/α-hetero) is 1. The first-order valence-corrected chi connectivity index (χ1v) is 23.1. The predicted octanol–water partition coefficient (Wildman–Crippen LogP) is 9.27. The van der Waals surface area contributed by atoms with E-state index < -0.39 is 22.6 Å². The number of carbonyl (C=O) groups excluding carboxylic acids is 2. The van der Waals surface area contributed by atoms with Gasteiger partial charge < -0.3 is 13.6 Å². The Morgan fingerprint density at radius 1 is 0.818 bits per heavy atom. The van der Waals surface area contributed by atoms with Crippen LogP contribution in [0.25, 0.3) is 0 Å². The lowest BCUT2D eigenvalue weighted by molar-refractivity contribution is -0.167. The lowest BCUT2D eigenvalue weighted by Crippen LogP contribution is -2.46. The quantitative estimate of drug-likeness (QED) is 0.103. The van der Waals surface area contributed by atoms with Crippen LogP contribution in [0.1, 0.15) is 88.5 Å². The molecule has 0 radical (unpaired) electrons. The molecule has 0 aromatic carbocycles. The summed E-state index contributed by atoms with van der Waals surface area (Å²) in [5.74, 6) is -0.240. The van der Waals surface area contributed by atoms with Crippen molar-refractivity contribution < 1.29 is 23.2 Å². The summed E-state index contributed by atoms with van der Waals surface area (Å²) in [5, 5.41) is 0. The minimum Gasteiger partial charge on any atom is -0.461 e. The highest BCUT2D eigenvalue weighted by atomic mass is 28.4. The van der Waals surface area contributed by atoms with E-state index in [0.29, 0.717) is 12.3 Å². The smallest absolute Gasteiger partial charge is 0.320 e. The molecule has 5 rings (SSSR count). The summed E-state index contributed by atoms with van der Waals surface area (Å²) in [6.45, 7) is 22.8. The van der Waals surface area contributed by atoms with E-state index in [2.05, 4.69) is 80.5 Å². The third kappa shape index (κ3) is 6.73. The highest BCUT2D eigenvalue weighted by molar-refractivity contribution is 6.74. The molecule has 248 valence electrons. The lowest BCUT2D eigenvalue weighted by atomic mass is 9.66. The SMILES string of the molecule is CC[Si](CC)(CC)O[C@@H]1[C@@H](C)[C@H](O[Si](CC)(CC)CC)[C@@H]2[C@@H]1C=C(C)[C@H]1C/C=C(\C)CC[C@@H]3OC(=O)[C@H](/C=C/[C@@H]21)C(=O)[C@H]3C. The molecule has 1 saturated heterocycles. The van der Waals surface area contributed by atoms with E-state index in [1.54, 1.807) is 0 Å². The van der Waals surface area contributed by atoms with Crippen LogP contribution in [-0.2, 0) is 23.2 Å². The van der Waals surface area contributed by atoms with Crippen molar-refractivity contribution in [2.24, 2.45) is 41.4 Å². The van der Waals surface area contributed by atoms with E-state index in [1.165, 1.54) is 11.1 Å². The van der Waals surface area contributed by atoms with Crippen molar-refractivity contribution in [3.8, 4) is 0 Å². The Hall–Kier alpha value is -1.29. The number of allylic oxidation sites excluding steroid dienone is 4. The van der Waals surface area contributed by atoms with E-state index >= 15 is 0 Å². The van der Waals surface area contributed by atoms with Crippen LogP contribution in [0.5, 0.6) is 0 Å². The van der Waals surface area contributed by atoms with E-state index in [9.17, 15) is 9.59 Å². The lowest BCUT2D eigenvalue weighted by Gasteiger charge is -2.43. The summed E-state index contributed by atoms with van der Waals surface area (Å²) in [6.07, 6.45) is 11.5. The first-order valence-electron chi connectivity index (χ1n) is 18.1. The number of ether oxygens (including phenoxy) is 1. The van der Waals surface area contributed by atoms with Crippen molar-refractivity contribution in [3.05, 3.63) is 35.5 Å². The highest BCUT2D eigenvalue weighted by Crippen LogP contribution is 2.55.